The number of hydrogen-bond acceptors (Lipinski definition) is 12. The number of aliphatic hydroxyl groups is 7. The normalized spacial score (nSPS) is 43.2. The van der Waals surface area contributed by atoms with Gasteiger partial charge in [0.1, 0.15) is 48.8 Å². The second-order valence-electron chi connectivity index (χ2n) is 7.14. The molecule has 2 heterocycles. The van der Waals surface area contributed by atoms with Crippen molar-refractivity contribution >= 4 is 5.97 Å². The van der Waals surface area contributed by atoms with Gasteiger partial charge in [-0.2, -0.15) is 0 Å². The minimum Gasteiger partial charge on any atom is -0.469 e. The Morgan fingerprint density at radius 3 is 2.00 bits per heavy atom. The lowest BCUT2D eigenvalue weighted by Crippen LogP contribution is -2.64. The maximum absolute atomic E-state index is 11.2. The number of hydrogen-bond donors (Lipinski definition) is 7. The molecule has 170 valence electrons. The summed E-state index contributed by atoms with van der Waals surface area (Å²) in [7, 11) is 1.25. The molecule has 0 saturated carbocycles. The first kappa shape index (κ1) is 24.3. The molecule has 29 heavy (non-hydrogen) atoms. The van der Waals surface area contributed by atoms with E-state index >= 15 is 0 Å². The molecular weight excluding hydrogens is 396 g/mol. The van der Waals surface area contributed by atoms with Crippen molar-refractivity contribution in [3.63, 3.8) is 0 Å². The molecule has 0 amide bonds. The quantitative estimate of drug-likeness (QED) is 0.186. The van der Waals surface area contributed by atoms with E-state index < -0.39 is 80.4 Å². The maximum Gasteiger partial charge on any atom is 0.305 e. The number of carbonyl (C=O) groups is 1. The Morgan fingerprint density at radius 2 is 1.41 bits per heavy atom. The zero-order chi connectivity index (χ0) is 21.7. The van der Waals surface area contributed by atoms with Crippen LogP contribution >= 0.6 is 0 Å². The van der Waals surface area contributed by atoms with Crippen molar-refractivity contribution in [1.29, 1.82) is 0 Å². The molecule has 2 aliphatic rings. The van der Waals surface area contributed by atoms with E-state index in [-0.39, 0.29) is 12.8 Å². The highest BCUT2D eigenvalue weighted by molar-refractivity contribution is 5.68. The van der Waals surface area contributed by atoms with Gasteiger partial charge in [0.2, 0.25) is 0 Å². The molecule has 0 unspecified atom stereocenters. The van der Waals surface area contributed by atoms with E-state index in [2.05, 4.69) is 4.74 Å². The van der Waals surface area contributed by atoms with Gasteiger partial charge in [0.05, 0.1) is 26.4 Å². The highest BCUT2D eigenvalue weighted by Crippen LogP contribution is 2.30. The lowest BCUT2D eigenvalue weighted by atomic mass is 9.92. The van der Waals surface area contributed by atoms with E-state index in [1.807, 2.05) is 0 Å². The van der Waals surface area contributed by atoms with Crippen LogP contribution in [0.5, 0.6) is 0 Å². The molecular formula is C17H30O12. The summed E-state index contributed by atoms with van der Waals surface area (Å²) in [6, 6.07) is 0. The van der Waals surface area contributed by atoms with Crippen molar-refractivity contribution in [2.24, 2.45) is 0 Å². The molecule has 12 nitrogen and oxygen atoms in total. The van der Waals surface area contributed by atoms with Gasteiger partial charge >= 0.3 is 5.97 Å². The molecule has 2 rings (SSSR count). The summed E-state index contributed by atoms with van der Waals surface area (Å²) in [6.45, 7) is -1.25. The van der Waals surface area contributed by atoms with E-state index in [0.29, 0.717) is 6.42 Å². The fraction of sp³-hybridized carbons (Fsp3) is 0.941. The van der Waals surface area contributed by atoms with E-state index in [0.717, 1.165) is 0 Å². The average Bonchev–Trinajstić information content (AvgIpc) is 2.72. The third-order valence-electron chi connectivity index (χ3n) is 5.20. The van der Waals surface area contributed by atoms with Crippen LogP contribution < -0.4 is 0 Å². The lowest BCUT2D eigenvalue weighted by Gasteiger charge is -2.46. The summed E-state index contributed by atoms with van der Waals surface area (Å²) in [5.41, 5.74) is 0. The van der Waals surface area contributed by atoms with E-state index in [4.69, 9.17) is 14.2 Å². The Balaban J connectivity index is 2.08. The average molecular weight is 426 g/mol. The smallest absolute Gasteiger partial charge is 0.305 e. The second-order valence-corrected chi connectivity index (χ2v) is 7.14. The predicted octanol–water partition coefficient (Wildman–Crippen LogP) is -4.00. The zero-order valence-corrected chi connectivity index (χ0v) is 16.0. The molecule has 0 aromatic heterocycles. The van der Waals surface area contributed by atoms with Crippen LogP contribution in [0.1, 0.15) is 19.3 Å². The SMILES string of the molecule is COC(=O)CCC[C@@H]1O[C@H](CO)[C@@H](O)[C@H](O[C@@H]2O[C@H](CO)[C@@H](O)[C@H](O)[C@H]2O)[C@H]1O. The van der Waals surface area contributed by atoms with Crippen LogP contribution in [0.4, 0.5) is 0 Å². The van der Waals surface area contributed by atoms with Crippen LogP contribution in [0, 0.1) is 0 Å². The molecule has 0 aromatic rings. The first-order chi connectivity index (χ1) is 13.7. The van der Waals surface area contributed by atoms with Crippen molar-refractivity contribution in [1.82, 2.24) is 0 Å². The molecule has 0 aromatic carbocycles. The largest absolute Gasteiger partial charge is 0.469 e. The first-order valence-corrected chi connectivity index (χ1v) is 9.40. The Labute approximate surface area is 167 Å². The van der Waals surface area contributed by atoms with Gasteiger partial charge in [0, 0.05) is 6.42 Å². The van der Waals surface area contributed by atoms with Gasteiger partial charge in [-0.05, 0) is 12.8 Å². The number of aliphatic hydroxyl groups excluding tert-OH is 7. The summed E-state index contributed by atoms with van der Waals surface area (Å²) in [4.78, 5) is 11.2. The molecule has 2 saturated heterocycles. The Kier molecular flexibility index (Phi) is 9.15. The Hall–Kier alpha value is -0.930. The molecule has 7 N–H and O–H groups in total. The topological polar surface area (TPSA) is 196 Å². The standard InChI is InChI=1S/C17H30O12/c1-26-10(20)4-2-3-7-12(22)16(13(23)9(6-19)27-7)29-17-15(25)14(24)11(21)8(5-18)28-17/h7-9,11-19,21-25H,2-6H2,1H3/t7-,8+,9+,11+,12-,13+,14-,15+,16+,17-/m0/s1. The minimum absolute atomic E-state index is 0.0770. The second kappa shape index (κ2) is 10.9. The number of rotatable bonds is 8. The van der Waals surface area contributed by atoms with Crippen molar-refractivity contribution in [2.75, 3.05) is 20.3 Å². The third kappa shape index (κ3) is 5.61. The fourth-order valence-electron chi connectivity index (χ4n) is 3.45. The van der Waals surface area contributed by atoms with Crippen molar-refractivity contribution in [3.05, 3.63) is 0 Å². The van der Waals surface area contributed by atoms with Gasteiger partial charge in [-0.25, -0.2) is 0 Å². The Morgan fingerprint density at radius 1 is 0.828 bits per heavy atom. The minimum atomic E-state index is -1.72. The summed E-state index contributed by atoms with van der Waals surface area (Å²) in [6.07, 6.45) is -13.6. The molecule has 0 bridgehead atoms. The molecule has 0 radical (unpaired) electrons. The maximum atomic E-state index is 11.2. The van der Waals surface area contributed by atoms with Crippen molar-refractivity contribution < 1.29 is 59.5 Å². The lowest BCUT2D eigenvalue weighted by molar-refractivity contribution is -0.341. The van der Waals surface area contributed by atoms with Gasteiger partial charge in [0.25, 0.3) is 0 Å². The van der Waals surface area contributed by atoms with Gasteiger partial charge in [-0.15, -0.1) is 0 Å². The molecule has 2 fully saturated rings. The van der Waals surface area contributed by atoms with Gasteiger partial charge in [0.15, 0.2) is 6.29 Å². The highest BCUT2D eigenvalue weighted by atomic mass is 16.7. The van der Waals surface area contributed by atoms with Gasteiger partial charge in [-0.3, -0.25) is 4.79 Å². The van der Waals surface area contributed by atoms with Crippen LogP contribution in [0.15, 0.2) is 0 Å². The van der Waals surface area contributed by atoms with Crippen LogP contribution in [-0.4, -0.2) is 123 Å². The molecule has 0 aliphatic carbocycles. The highest BCUT2D eigenvalue weighted by Gasteiger charge is 2.50. The zero-order valence-electron chi connectivity index (χ0n) is 16.0. The summed E-state index contributed by atoms with van der Waals surface area (Å²) in [5.74, 6) is -0.442. The molecule has 12 heteroatoms. The number of esters is 1. The van der Waals surface area contributed by atoms with E-state index in [9.17, 15) is 40.5 Å². The van der Waals surface area contributed by atoms with Crippen molar-refractivity contribution in [3.8, 4) is 0 Å². The van der Waals surface area contributed by atoms with Gasteiger partial charge in [-0.1, -0.05) is 0 Å². The fourth-order valence-corrected chi connectivity index (χ4v) is 3.45. The molecule has 0 spiro atoms. The number of carbonyl (C=O) groups excluding carboxylic acids is 1. The van der Waals surface area contributed by atoms with E-state index in [1.54, 1.807) is 0 Å². The molecule has 2 aliphatic heterocycles. The van der Waals surface area contributed by atoms with Crippen LogP contribution in [-0.2, 0) is 23.7 Å². The Bertz CT molecular complexity index is 517. The summed E-state index contributed by atoms with van der Waals surface area (Å²) in [5, 5.41) is 69.5. The van der Waals surface area contributed by atoms with Crippen molar-refractivity contribution in [2.45, 2.75) is 80.5 Å². The summed E-state index contributed by atoms with van der Waals surface area (Å²) >= 11 is 0. The number of ether oxygens (including phenoxy) is 4. The van der Waals surface area contributed by atoms with Gasteiger partial charge < -0.3 is 54.7 Å². The van der Waals surface area contributed by atoms with Crippen LogP contribution in [0.25, 0.3) is 0 Å². The van der Waals surface area contributed by atoms with Crippen LogP contribution in [0.2, 0.25) is 0 Å². The third-order valence-corrected chi connectivity index (χ3v) is 5.20. The monoisotopic (exact) mass is 426 g/mol. The van der Waals surface area contributed by atoms with E-state index in [1.165, 1.54) is 7.11 Å². The number of methoxy groups -OCH3 is 1. The summed E-state index contributed by atoms with van der Waals surface area (Å²) < 4.78 is 20.8. The first-order valence-electron chi connectivity index (χ1n) is 9.40. The molecule has 10 atom stereocenters. The predicted molar refractivity (Wildman–Crippen MR) is 92.3 cm³/mol. The van der Waals surface area contributed by atoms with Crippen LogP contribution in [0.3, 0.4) is 0 Å².